The Balaban J connectivity index is 3.45. The summed E-state index contributed by atoms with van der Waals surface area (Å²) in [5, 5.41) is 0. The topological polar surface area (TPSA) is 17.1 Å². The van der Waals surface area contributed by atoms with Crippen molar-refractivity contribution in [3.05, 3.63) is 39.5 Å². The van der Waals surface area contributed by atoms with Crippen LogP contribution in [0.15, 0.2) is 6.08 Å². The third-order valence-corrected chi connectivity index (χ3v) is 3.54. The number of allylic oxidation sites excluding steroid dienone is 1. The zero-order chi connectivity index (χ0) is 12.5. The zero-order valence-corrected chi connectivity index (χ0v) is 11.1. The molecule has 1 aromatic carbocycles. The predicted octanol–water partition coefficient (Wildman–Crippen LogP) is 3.83. The second-order valence-corrected chi connectivity index (χ2v) is 4.48. The van der Waals surface area contributed by atoms with Crippen molar-refractivity contribution >= 4 is 11.9 Å². The van der Waals surface area contributed by atoms with Crippen molar-refractivity contribution in [1.82, 2.24) is 0 Å². The minimum atomic E-state index is 0.0923. The van der Waals surface area contributed by atoms with E-state index < -0.39 is 0 Å². The molecule has 0 aliphatic rings. The first-order valence-corrected chi connectivity index (χ1v) is 5.61. The molecule has 1 heteroatoms. The summed E-state index contributed by atoms with van der Waals surface area (Å²) in [6.07, 6.45) is 3.58. The Morgan fingerprint density at radius 2 is 1.19 bits per heavy atom. The van der Waals surface area contributed by atoms with Crippen LogP contribution in [0.25, 0.3) is 6.08 Å². The Bertz CT molecular complexity index is 436. The lowest BCUT2D eigenvalue weighted by atomic mass is 9.89. The number of ketones is 1. The molecule has 1 rings (SSSR count). The van der Waals surface area contributed by atoms with E-state index in [2.05, 4.69) is 34.6 Å². The van der Waals surface area contributed by atoms with Gasteiger partial charge in [-0.05, 0) is 81.0 Å². The molecule has 86 valence electrons. The highest BCUT2D eigenvalue weighted by Crippen LogP contribution is 2.26. The van der Waals surface area contributed by atoms with Crippen LogP contribution in [-0.4, -0.2) is 5.78 Å². The summed E-state index contributed by atoms with van der Waals surface area (Å²) in [7, 11) is 0. The van der Waals surface area contributed by atoms with E-state index in [4.69, 9.17) is 0 Å². The largest absolute Gasteiger partial charge is 0.295 e. The first-order valence-electron chi connectivity index (χ1n) is 5.61. The molecule has 0 aliphatic heterocycles. The minimum Gasteiger partial charge on any atom is -0.295 e. The fraction of sp³-hybridized carbons (Fsp3) is 0.400. The van der Waals surface area contributed by atoms with Gasteiger partial charge in [-0.2, -0.15) is 0 Å². The molecule has 16 heavy (non-hydrogen) atoms. The van der Waals surface area contributed by atoms with Gasteiger partial charge in [-0.1, -0.05) is 6.08 Å². The highest BCUT2D eigenvalue weighted by Gasteiger charge is 2.09. The molecule has 0 aliphatic carbocycles. The fourth-order valence-electron chi connectivity index (χ4n) is 1.98. The molecule has 0 radical (unpaired) electrons. The summed E-state index contributed by atoms with van der Waals surface area (Å²) in [5.74, 6) is 0.0923. The van der Waals surface area contributed by atoms with Gasteiger partial charge in [0, 0.05) is 0 Å². The van der Waals surface area contributed by atoms with Gasteiger partial charge >= 0.3 is 0 Å². The Hall–Kier alpha value is -1.37. The van der Waals surface area contributed by atoms with E-state index in [9.17, 15) is 4.79 Å². The second kappa shape index (κ2) is 4.65. The van der Waals surface area contributed by atoms with Gasteiger partial charge in [-0.3, -0.25) is 4.79 Å². The lowest BCUT2D eigenvalue weighted by Gasteiger charge is -2.16. The van der Waals surface area contributed by atoms with Crippen molar-refractivity contribution in [2.24, 2.45) is 0 Å². The zero-order valence-electron chi connectivity index (χ0n) is 11.1. The molecule has 0 atom stereocenters. The van der Waals surface area contributed by atoms with Crippen molar-refractivity contribution in [2.75, 3.05) is 0 Å². The third-order valence-electron chi connectivity index (χ3n) is 3.54. The normalized spacial score (nSPS) is 11.1. The summed E-state index contributed by atoms with van der Waals surface area (Å²) < 4.78 is 0. The molecule has 1 aromatic rings. The maximum Gasteiger partial charge on any atom is 0.152 e. The van der Waals surface area contributed by atoms with Crippen molar-refractivity contribution in [1.29, 1.82) is 0 Å². The molecule has 0 saturated carbocycles. The van der Waals surface area contributed by atoms with Crippen LogP contribution in [0.5, 0.6) is 0 Å². The Kier molecular flexibility index (Phi) is 3.69. The number of carbonyl (C=O) groups excluding carboxylic acids is 1. The van der Waals surface area contributed by atoms with Crippen LogP contribution in [0.3, 0.4) is 0 Å². The lowest BCUT2D eigenvalue weighted by molar-refractivity contribution is -0.112. The molecule has 0 spiro atoms. The predicted molar refractivity (Wildman–Crippen MR) is 69.8 cm³/mol. The smallest absolute Gasteiger partial charge is 0.152 e. The molecule has 1 nitrogen and oxygen atoms in total. The first kappa shape index (κ1) is 12.7. The van der Waals surface area contributed by atoms with Gasteiger partial charge in [0.25, 0.3) is 0 Å². The standard InChI is InChI=1S/C15H20O/c1-9(16)7-8-15-13(5)11(3)10(2)12(4)14(15)6/h7-8H,1-6H3/b8-7+. The van der Waals surface area contributed by atoms with Crippen LogP contribution in [-0.2, 0) is 4.79 Å². The van der Waals surface area contributed by atoms with Crippen LogP contribution in [0.1, 0.15) is 40.3 Å². The van der Waals surface area contributed by atoms with Gasteiger partial charge in [-0.15, -0.1) is 0 Å². The van der Waals surface area contributed by atoms with E-state index in [1.807, 2.05) is 6.08 Å². The monoisotopic (exact) mass is 216 g/mol. The van der Waals surface area contributed by atoms with Gasteiger partial charge in [0.15, 0.2) is 5.78 Å². The molecule has 0 saturated heterocycles. The van der Waals surface area contributed by atoms with Crippen LogP contribution in [0.4, 0.5) is 0 Å². The Labute approximate surface area is 98.2 Å². The van der Waals surface area contributed by atoms with Crippen LogP contribution in [0, 0.1) is 34.6 Å². The minimum absolute atomic E-state index is 0.0923. The SMILES string of the molecule is CC(=O)/C=C/c1c(C)c(C)c(C)c(C)c1C. The molecular weight excluding hydrogens is 196 g/mol. The van der Waals surface area contributed by atoms with E-state index in [0.717, 1.165) is 0 Å². The van der Waals surface area contributed by atoms with Gasteiger partial charge in [-0.25, -0.2) is 0 Å². The molecule has 0 amide bonds. The molecular formula is C15H20O. The Morgan fingerprint density at radius 1 is 0.812 bits per heavy atom. The maximum absolute atomic E-state index is 11.0. The fourth-order valence-corrected chi connectivity index (χ4v) is 1.98. The number of carbonyl (C=O) groups is 1. The molecule has 0 bridgehead atoms. The van der Waals surface area contributed by atoms with Crippen molar-refractivity contribution < 1.29 is 4.79 Å². The van der Waals surface area contributed by atoms with Gasteiger partial charge < -0.3 is 0 Å². The van der Waals surface area contributed by atoms with E-state index in [1.54, 1.807) is 13.0 Å². The molecule has 0 heterocycles. The summed E-state index contributed by atoms with van der Waals surface area (Å²) in [6, 6.07) is 0. The van der Waals surface area contributed by atoms with Crippen molar-refractivity contribution in [2.45, 2.75) is 41.5 Å². The average molecular weight is 216 g/mol. The molecule has 0 fully saturated rings. The van der Waals surface area contributed by atoms with E-state index in [-0.39, 0.29) is 5.78 Å². The van der Waals surface area contributed by atoms with E-state index in [1.165, 1.54) is 33.4 Å². The molecule has 0 N–H and O–H groups in total. The van der Waals surface area contributed by atoms with Gasteiger partial charge in [0.2, 0.25) is 0 Å². The summed E-state index contributed by atoms with van der Waals surface area (Å²) >= 11 is 0. The molecule has 0 aromatic heterocycles. The lowest BCUT2D eigenvalue weighted by Crippen LogP contribution is -1.99. The number of benzene rings is 1. The highest BCUT2D eigenvalue weighted by atomic mass is 16.1. The number of rotatable bonds is 2. The van der Waals surface area contributed by atoms with Crippen LogP contribution >= 0.6 is 0 Å². The van der Waals surface area contributed by atoms with Crippen LogP contribution < -0.4 is 0 Å². The van der Waals surface area contributed by atoms with Gasteiger partial charge in [0.1, 0.15) is 0 Å². The van der Waals surface area contributed by atoms with Gasteiger partial charge in [0.05, 0.1) is 0 Å². The summed E-state index contributed by atoms with van der Waals surface area (Å²) in [4.78, 5) is 11.0. The number of hydrogen-bond donors (Lipinski definition) is 0. The second-order valence-electron chi connectivity index (χ2n) is 4.48. The van der Waals surface area contributed by atoms with Crippen molar-refractivity contribution in [3.63, 3.8) is 0 Å². The summed E-state index contributed by atoms with van der Waals surface area (Å²) in [5.41, 5.74) is 7.75. The summed E-state index contributed by atoms with van der Waals surface area (Å²) in [6.45, 7) is 12.3. The number of hydrogen-bond acceptors (Lipinski definition) is 1. The quantitative estimate of drug-likeness (QED) is 0.687. The third kappa shape index (κ3) is 2.24. The molecule has 0 unspecified atom stereocenters. The van der Waals surface area contributed by atoms with Crippen molar-refractivity contribution in [3.8, 4) is 0 Å². The van der Waals surface area contributed by atoms with E-state index in [0.29, 0.717) is 0 Å². The average Bonchev–Trinajstić information content (AvgIpc) is 2.23. The first-order chi connectivity index (χ1) is 7.36. The van der Waals surface area contributed by atoms with Crippen LogP contribution in [0.2, 0.25) is 0 Å². The van der Waals surface area contributed by atoms with E-state index >= 15 is 0 Å². The Morgan fingerprint density at radius 3 is 1.56 bits per heavy atom. The highest BCUT2D eigenvalue weighted by molar-refractivity contribution is 5.92. The maximum atomic E-state index is 11.0.